The van der Waals surface area contributed by atoms with Gasteiger partial charge in [-0.2, -0.15) is 11.2 Å². The van der Waals surface area contributed by atoms with E-state index in [1.165, 1.54) is 51.4 Å². The summed E-state index contributed by atoms with van der Waals surface area (Å²) in [7, 11) is -0.942. The van der Waals surface area contributed by atoms with Crippen molar-refractivity contribution in [2.24, 2.45) is 4.99 Å². The van der Waals surface area contributed by atoms with Crippen LogP contribution in [-0.2, 0) is 0 Å². The lowest BCUT2D eigenvalue weighted by Crippen LogP contribution is -2.19. The molecule has 2 aliphatic carbocycles. The molecule has 0 aromatic heterocycles. The van der Waals surface area contributed by atoms with Gasteiger partial charge in [-0.1, -0.05) is 38.9 Å². The summed E-state index contributed by atoms with van der Waals surface area (Å²) in [5.41, 5.74) is 1.55. The van der Waals surface area contributed by atoms with Crippen molar-refractivity contribution in [3.05, 3.63) is 0 Å². The molecule has 0 spiro atoms. The molecule has 0 amide bonds. The molecule has 2 saturated carbocycles. The molecule has 3 heteroatoms. The van der Waals surface area contributed by atoms with Gasteiger partial charge in [-0.25, -0.2) is 0 Å². The zero-order chi connectivity index (χ0) is 12.3. The van der Waals surface area contributed by atoms with E-state index >= 15 is 0 Å². The van der Waals surface area contributed by atoms with Gasteiger partial charge in [0.25, 0.3) is 0 Å². The highest BCUT2D eigenvalue weighted by Crippen LogP contribution is 2.35. The Morgan fingerprint density at radius 3 is 2.41 bits per heavy atom. The van der Waals surface area contributed by atoms with Crippen molar-refractivity contribution in [3.8, 4) is 0 Å². The fraction of sp³-hybridized carbons (Fsp3) is 0.929. The van der Waals surface area contributed by atoms with Gasteiger partial charge < -0.3 is 0 Å². The first-order valence-corrected chi connectivity index (χ1v) is 12.4. The van der Waals surface area contributed by atoms with Crippen LogP contribution in [-0.4, -0.2) is 24.2 Å². The van der Waals surface area contributed by atoms with E-state index in [0.29, 0.717) is 6.04 Å². The van der Waals surface area contributed by atoms with Gasteiger partial charge in [-0.15, -0.1) is 0 Å². The molecule has 0 aliphatic heterocycles. The van der Waals surface area contributed by atoms with Crippen LogP contribution in [0.25, 0.3) is 0 Å². The first kappa shape index (κ1) is 13.7. The van der Waals surface area contributed by atoms with Crippen molar-refractivity contribution in [2.45, 2.75) is 82.3 Å². The molecule has 0 N–H and O–H groups in total. The maximum Gasteiger partial charge on any atom is 0.108 e. The van der Waals surface area contributed by atoms with E-state index in [1.807, 2.05) is 0 Å². The van der Waals surface area contributed by atoms with Gasteiger partial charge in [0.1, 0.15) is 7.22 Å². The van der Waals surface area contributed by atoms with Crippen LogP contribution >= 0.6 is 11.2 Å². The van der Waals surface area contributed by atoms with Gasteiger partial charge in [0, 0.05) is 17.0 Å². The first-order valence-electron chi connectivity index (χ1n) is 7.26. The number of aliphatic imine (C=N–C) groups is 1. The van der Waals surface area contributed by atoms with E-state index in [2.05, 4.69) is 30.9 Å². The molecule has 98 valence electrons. The van der Waals surface area contributed by atoms with Gasteiger partial charge in [0.2, 0.25) is 0 Å². The van der Waals surface area contributed by atoms with Crippen LogP contribution in [0.3, 0.4) is 0 Å². The van der Waals surface area contributed by atoms with Crippen molar-refractivity contribution >= 4 is 24.1 Å². The van der Waals surface area contributed by atoms with Crippen LogP contribution in [0.15, 0.2) is 4.99 Å². The maximum absolute atomic E-state index is 5.03. The number of nitrogens with zero attached hydrogens (tertiary/aromatic N) is 1. The standard InChI is InChI=1S/C14H27NSSi/c1-17(2,3)16-14-10-9-13(11-14)15-12-7-5-4-6-8-12/h12,14H,4-11H2,1-3H3. The summed E-state index contributed by atoms with van der Waals surface area (Å²) in [6, 6.07) is 0.689. The summed E-state index contributed by atoms with van der Waals surface area (Å²) in [6.45, 7) is 7.40. The second kappa shape index (κ2) is 5.92. The van der Waals surface area contributed by atoms with Crippen LogP contribution in [0.4, 0.5) is 0 Å². The minimum atomic E-state index is -0.942. The predicted molar refractivity (Wildman–Crippen MR) is 82.9 cm³/mol. The topological polar surface area (TPSA) is 12.4 Å². The molecule has 2 fully saturated rings. The van der Waals surface area contributed by atoms with Crippen LogP contribution < -0.4 is 0 Å². The molecule has 0 saturated heterocycles. The molecule has 1 unspecified atom stereocenters. The third-order valence-corrected chi connectivity index (χ3v) is 8.24. The molecule has 1 nitrogen and oxygen atoms in total. The fourth-order valence-electron chi connectivity index (χ4n) is 2.98. The monoisotopic (exact) mass is 269 g/mol. The van der Waals surface area contributed by atoms with E-state index < -0.39 is 7.22 Å². The maximum atomic E-state index is 5.03. The van der Waals surface area contributed by atoms with Gasteiger partial charge in [0.05, 0.1) is 0 Å². The van der Waals surface area contributed by atoms with Crippen molar-refractivity contribution in [2.75, 3.05) is 0 Å². The number of rotatable bonds is 3. The Balaban J connectivity index is 1.82. The second-order valence-electron chi connectivity index (χ2n) is 6.58. The van der Waals surface area contributed by atoms with Crippen LogP contribution in [0.2, 0.25) is 19.6 Å². The van der Waals surface area contributed by atoms with E-state index in [-0.39, 0.29) is 0 Å². The highest BCUT2D eigenvalue weighted by Gasteiger charge is 2.27. The lowest BCUT2D eigenvalue weighted by Gasteiger charge is -2.20. The average molecular weight is 270 g/mol. The van der Waals surface area contributed by atoms with Crippen LogP contribution in [0, 0.1) is 0 Å². The van der Waals surface area contributed by atoms with Gasteiger partial charge in [0.15, 0.2) is 0 Å². The minimum Gasteiger partial charge on any atom is -0.291 e. The largest absolute Gasteiger partial charge is 0.291 e. The molecule has 0 aromatic rings. The van der Waals surface area contributed by atoms with E-state index in [1.54, 1.807) is 5.71 Å². The Morgan fingerprint density at radius 2 is 1.76 bits per heavy atom. The lowest BCUT2D eigenvalue weighted by atomic mass is 9.96. The van der Waals surface area contributed by atoms with Crippen molar-refractivity contribution in [1.29, 1.82) is 0 Å². The summed E-state index contributed by atoms with van der Waals surface area (Å²) in [5, 5.41) is 0.893. The van der Waals surface area contributed by atoms with Crippen molar-refractivity contribution < 1.29 is 0 Å². The molecule has 17 heavy (non-hydrogen) atoms. The van der Waals surface area contributed by atoms with Crippen LogP contribution in [0.1, 0.15) is 51.4 Å². The second-order valence-corrected chi connectivity index (χ2v) is 16.1. The average Bonchev–Trinajstić information content (AvgIpc) is 2.64. The van der Waals surface area contributed by atoms with Gasteiger partial charge in [-0.05, 0) is 32.1 Å². The zero-order valence-electron chi connectivity index (χ0n) is 11.7. The Labute approximate surface area is 112 Å². The molecular formula is C14H27NSSi. The molecule has 2 aliphatic rings. The van der Waals surface area contributed by atoms with E-state index in [4.69, 9.17) is 4.99 Å². The summed E-state index contributed by atoms with van der Waals surface area (Å²) < 4.78 is 0. The molecule has 0 bridgehead atoms. The quantitative estimate of drug-likeness (QED) is 0.665. The van der Waals surface area contributed by atoms with Crippen molar-refractivity contribution in [3.63, 3.8) is 0 Å². The molecule has 0 radical (unpaired) electrons. The fourth-order valence-corrected chi connectivity index (χ4v) is 8.10. The highest BCUT2D eigenvalue weighted by molar-refractivity contribution is 8.29. The van der Waals surface area contributed by atoms with Gasteiger partial charge >= 0.3 is 0 Å². The van der Waals surface area contributed by atoms with Gasteiger partial charge in [-0.3, -0.25) is 4.99 Å². The Morgan fingerprint density at radius 1 is 1.06 bits per heavy atom. The zero-order valence-corrected chi connectivity index (χ0v) is 13.5. The molecule has 2 rings (SSSR count). The SMILES string of the molecule is C[Si](C)(C)SC1CCC(=NC2CCCCC2)C1. The lowest BCUT2D eigenvalue weighted by molar-refractivity contribution is 0.443. The third-order valence-electron chi connectivity index (χ3n) is 3.68. The normalized spacial score (nSPS) is 30.1. The number of hydrogen-bond donors (Lipinski definition) is 0. The summed E-state index contributed by atoms with van der Waals surface area (Å²) in [5.74, 6) is 0. The number of hydrogen-bond acceptors (Lipinski definition) is 2. The summed E-state index contributed by atoms with van der Waals surface area (Å²) >= 11 is 2.29. The molecular weight excluding hydrogens is 242 g/mol. The minimum absolute atomic E-state index is 0.689. The van der Waals surface area contributed by atoms with E-state index in [0.717, 1.165) is 5.25 Å². The van der Waals surface area contributed by atoms with Crippen molar-refractivity contribution in [1.82, 2.24) is 0 Å². The molecule has 1 atom stereocenters. The smallest absolute Gasteiger partial charge is 0.108 e. The Bertz CT molecular complexity index is 276. The summed E-state index contributed by atoms with van der Waals surface area (Å²) in [6.07, 6.45) is 11.0. The predicted octanol–water partition coefficient (Wildman–Crippen LogP) is 4.88. The Kier molecular flexibility index (Phi) is 4.76. The molecule has 0 aromatic carbocycles. The third kappa shape index (κ3) is 4.78. The Hall–Kier alpha value is 0.237. The first-order chi connectivity index (χ1) is 8.03. The molecule has 0 heterocycles. The highest BCUT2D eigenvalue weighted by atomic mass is 32.4. The van der Waals surface area contributed by atoms with E-state index in [9.17, 15) is 0 Å². The summed E-state index contributed by atoms with van der Waals surface area (Å²) in [4.78, 5) is 5.03. The van der Waals surface area contributed by atoms with Crippen LogP contribution in [0.5, 0.6) is 0 Å².